The van der Waals surface area contributed by atoms with Crippen LogP contribution in [0, 0.1) is 0 Å². The Morgan fingerprint density at radius 1 is 0.321 bits per heavy atom. The van der Waals surface area contributed by atoms with Crippen LogP contribution in [0.15, 0.2) is 361 Å². The van der Waals surface area contributed by atoms with Gasteiger partial charge < -0.3 is 9.47 Å². The number of hydrogen-bond donors (Lipinski definition) is 0. The van der Waals surface area contributed by atoms with E-state index in [1.54, 1.807) is 4.57 Å². The quantitative estimate of drug-likeness (QED) is 0.153. The molecule has 23 rings (SSSR count). The second-order valence-corrected chi connectivity index (χ2v) is 31.3. The van der Waals surface area contributed by atoms with Crippen LogP contribution in [0.1, 0.15) is 81.8 Å². The van der Waals surface area contributed by atoms with E-state index in [9.17, 15) is 8.22 Å². The second-order valence-electron chi connectivity index (χ2n) is 30.2. The summed E-state index contributed by atoms with van der Waals surface area (Å²) in [7, 11) is 0. The third-order valence-electron chi connectivity index (χ3n) is 24.1. The second kappa shape index (κ2) is 22.0. The van der Waals surface area contributed by atoms with Crippen molar-refractivity contribution in [1.29, 1.82) is 0 Å². The Kier molecular flexibility index (Phi) is 10.9. The molecule has 2 nitrogen and oxygen atoms in total. The van der Waals surface area contributed by atoms with E-state index in [1.807, 2.05) is 17.8 Å². The highest BCUT2D eigenvalue weighted by Crippen LogP contribution is 2.66. The zero-order valence-electron chi connectivity index (χ0n) is 66.2. The lowest BCUT2D eigenvalue weighted by Crippen LogP contribution is -2.60. The van der Waals surface area contributed by atoms with E-state index in [2.05, 4.69) is 323 Å². The molecule has 17 aromatic rings. The predicted octanol–water partition coefficient (Wildman–Crippen LogP) is 24.2. The molecule has 2 spiro atoms. The Morgan fingerprint density at radius 3 is 1.20 bits per heavy atom. The Labute approximate surface area is 633 Å². The van der Waals surface area contributed by atoms with E-state index < -0.39 is 47.1 Å². The van der Waals surface area contributed by atoms with Crippen molar-refractivity contribution in [2.75, 3.05) is 4.90 Å². The lowest BCUT2D eigenvalue weighted by atomic mass is 9.34. The third-order valence-corrected chi connectivity index (χ3v) is 25.2. The van der Waals surface area contributed by atoms with E-state index in [0.717, 1.165) is 93.3 Å². The van der Waals surface area contributed by atoms with Gasteiger partial charge in [-0.2, -0.15) is 0 Å². The fourth-order valence-corrected chi connectivity index (χ4v) is 21.0. The minimum absolute atomic E-state index is 0.0176. The van der Waals surface area contributed by atoms with E-state index in [-0.39, 0.29) is 46.0 Å². The molecule has 0 saturated heterocycles. The van der Waals surface area contributed by atoms with Gasteiger partial charge in [0.15, 0.2) is 0 Å². The Balaban J connectivity index is 0.874. The Bertz CT molecular complexity index is 6780. The number of anilines is 3. The monoisotopic (exact) mass is 1370 g/mol. The van der Waals surface area contributed by atoms with Crippen molar-refractivity contribution < 1.29 is 11.0 Å². The van der Waals surface area contributed by atoms with Gasteiger partial charge in [0.25, 0.3) is 0 Å². The fraction of sp³-hybridized carbons (Fsp3) is 0.0588. The molecule has 4 heteroatoms. The number of para-hydroxylation sites is 3. The summed E-state index contributed by atoms with van der Waals surface area (Å²) in [6.07, 6.45) is 0. The van der Waals surface area contributed by atoms with Gasteiger partial charge in [0.1, 0.15) is 0 Å². The first-order chi connectivity index (χ1) is 55.5. The standard InChI is InChI=1S/C102H67BN2S/c1-100(2,3)66-57-95-98-97(58-66)106-96-61-81(63-29-8-5-9-30-63)80(62-27-6-4-7-28-62)60-91(96)103(98)90-54-51-67(104-92-47-24-16-37-78(92)79-38-17-25-48-93(79)104)59-94(90)105(95)99-68(64-49-52-76-74-35-14-22-45-86(74)101(88(76)55-64)82-41-18-10-31-70(82)71-32-11-19-42-83(71)101)39-26-40-69(99)65-50-53-77-75-36-15-23-46-87(75)102(89(77)56-65)84-43-20-12-33-72(84)73-34-13-21-44-85(73)102/h4-61H,1-3H3/i16D,17D,24D,25D,37D,38D,47D,48D. The maximum absolute atomic E-state index is 9.96. The summed E-state index contributed by atoms with van der Waals surface area (Å²) in [4.78, 5) is 4.76. The first kappa shape index (κ1) is 52.5. The number of rotatable bonds is 6. The van der Waals surface area contributed by atoms with Crippen LogP contribution in [-0.2, 0) is 16.2 Å². The lowest BCUT2D eigenvalue weighted by molar-refractivity contribution is 0.589. The molecule has 0 atom stereocenters. The molecule has 106 heavy (non-hydrogen) atoms. The highest BCUT2D eigenvalue weighted by molar-refractivity contribution is 8.00. The molecule has 0 radical (unpaired) electrons. The van der Waals surface area contributed by atoms with E-state index in [4.69, 9.17) is 2.74 Å². The molecule has 6 aliphatic rings. The molecule has 494 valence electrons. The van der Waals surface area contributed by atoms with Gasteiger partial charge in [-0.25, -0.2) is 0 Å². The molecule has 0 N–H and O–H groups in total. The number of nitrogens with zero attached hydrogens (tertiary/aromatic N) is 2. The van der Waals surface area contributed by atoms with Crippen molar-refractivity contribution in [2.24, 2.45) is 0 Å². The van der Waals surface area contributed by atoms with Gasteiger partial charge in [-0.05, 0) is 199 Å². The smallest absolute Gasteiger partial charge is 0.249 e. The van der Waals surface area contributed by atoms with Crippen LogP contribution in [-0.4, -0.2) is 11.3 Å². The van der Waals surface area contributed by atoms with Gasteiger partial charge in [-0.15, -0.1) is 0 Å². The number of aromatic nitrogens is 1. The summed E-state index contributed by atoms with van der Waals surface area (Å²) in [6, 6.07) is 109. The van der Waals surface area contributed by atoms with Crippen molar-refractivity contribution in [2.45, 2.75) is 46.8 Å². The molecule has 3 heterocycles. The average Bonchev–Trinajstić information content (AvgIpc) is 1.49. The lowest BCUT2D eigenvalue weighted by Gasteiger charge is -2.43. The average molecular weight is 1370 g/mol. The van der Waals surface area contributed by atoms with Crippen LogP contribution in [0.2, 0.25) is 0 Å². The highest BCUT2D eigenvalue weighted by atomic mass is 32.2. The molecular weight excluding hydrogens is 1300 g/mol. The minimum Gasteiger partial charge on any atom is -0.310 e. The van der Waals surface area contributed by atoms with Crippen LogP contribution in [0.3, 0.4) is 0 Å². The zero-order chi connectivity index (χ0) is 76.9. The van der Waals surface area contributed by atoms with Gasteiger partial charge in [0.05, 0.1) is 38.5 Å². The number of hydrogen-bond acceptors (Lipinski definition) is 2. The molecule has 0 fully saturated rings. The summed E-state index contributed by atoms with van der Waals surface area (Å²) < 4.78 is 78.0. The Hall–Kier alpha value is -12.5. The number of fused-ring (bicyclic) bond motifs is 27. The molecule has 0 bridgehead atoms. The predicted molar refractivity (Wildman–Crippen MR) is 444 cm³/mol. The van der Waals surface area contributed by atoms with Crippen LogP contribution >= 0.6 is 11.8 Å². The van der Waals surface area contributed by atoms with Gasteiger partial charge in [0.2, 0.25) is 6.71 Å². The van der Waals surface area contributed by atoms with Crippen LogP contribution in [0.25, 0.3) is 117 Å². The largest absolute Gasteiger partial charge is 0.310 e. The molecule has 0 unspecified atom stereocenters. The molecule has 2 aliphatic heterocycles. The summed E-state index contributed by atoms with van der Waals surface area (Å²) >= 11 is 1.82. The highest BCUT2D eigenvalue weighted by Gasteiger charge is 2.54. The van der Waals surface area contributed by atoms with E-state index in [0.29, 0.717) is 5.69 Å². The van der Waals surface area contributed by atoms with Crippen LogP contribution < -0.4 is 21.3 Å². The van der Waals surface area contributed by atoms with Crippen molar-refractivity contribution >= 4 is 73.7 Å². The fourth-order valence-electron chi connectivity index (χ4n) is 19.8. The SMILES string of the molecule is [2H]c1c([2H])c([2H])c2c(c1[2H])c1c([2H])c([2H])c([2H])c([2H])c1n2-c1ccc2c(c1)N(c1c(-c3ccc4c(c3)C3(c5ccccc5-c5ccccc53)c3ccccc3-4)cccc1-c1ccc3c(c1)C1(c4ccccc4-c4ccccc41)c1ccccc1-3)c1cc(C(C)(C)C)cc3c1B2c1cc(-c2ccccc2)c(-c2ccccc2)cc1S3. The maximum Gasteiger partial charge on any atom is 0.249 e. The Morgan fingerprint density at radius 2 is 0.736 bits per heavy atom. The molecule has 16 aromatic carbocycles. The van der Waals surface area contributed by atoms with Gasteiger partial charge in [-0.1, -0.05) is 335 Å². The molecule has 1 aromatic heterocycles. The van der Waals surface area contributed by atoms with Gasteiger partial charge in [0, 0.05) is 48.8 Å². The normalized spacial score (nSPS) is 15.3. The van der Waals surface area contributed by atoms with Crippen molar-refractivity contribution in [3.8, 4) is 94.7 Å². The summed E-state index contributed by atoms with van der Waals surface area (Å²) in [6.45, 7) is 6.47. The summed E-state index contributed by atoms with van der Waals surface area (Å²) in [5, 5.41) is 0.0352. The number of benzene rings is 16. The zero-order valence-corrected chi connectivity index (χ0v) is 59.1. The van der Waals surface area contributed by atoms with Crippen molar-refractivity contribution in [1.82, 2.24) is 4.57 Å². The summed E-state index contributed by atoms with van der Waals surface area (Å²) in [5.74, 6) is 0. The molecule has 0 amide bonds. The van der Waals surface area contributed by atoms with Gasteiger partial charge >= 0.3 is 0 Å². The minimum atomic E-state index is -0.680. The van der Waals surface area contributed by atoms with E-state index in [1.165, 1.54) is 89.0 Å². The molecular formula is C102H67BN2S. The first-order valence-electron chi connectivity index (χ1n) is 40.7. The van der Waals surface area contributed by atoms with Crippen LogP contribution in [0.4, 0.5) is 17.1 Å². The molecule has 4 aliphatic carbocycles. The van der Waals surface area contributed by atoms with Crippen molar-refractivity contribution in [3.05, 3.63) is 402 Å². The topological polar surface area (TPSA) is 8.17 Å². The van der Waals surface area contributed by atoms with E-state index >= 15 is 0 Å². The summed E-state index contributed by atoms with van der Waals surface area (Å²) in [5.41, 5.74) is 33.5. The third kappa shape index (κ3) is 7.98. The van der Waals surface area contributed by atoms with Crippen LogP contribution in [0.5, 0.6) is 0 Å². The van der Waals surface area contributed by atoms with Crippen molar-refractivity contribution in [3.63, 3.8) is 0 Å². The maximum atomic E-state index is 9.96. The first-order valence-corrected chi connectivity index (χ1v) is 37.5. The van der Waals surface area contributed by atoms with Gasteiger partial charge in [-0.3, -0.25) is 0 Å². The molecule has 0 saturated carbocycles.